The second-order valence-electron chi connectivity index (χ2n) is 11.0. The molecule has 5 nitrogen and oxygen atoms in total. The molecule has 4 aromatic carbocycles. The number of ether oxygens (including phenoxy) is 1. The van der Waals surface area contributed by atoms with Crippen molar-refractivity contribution in [2.45, 2.75) is 0 Å². The second-order valence-corrected chi connectivity index (χ2v) is 11.0. The molecule has 0 N–H and O–H groups in total. The Bertz CT molecular complexity index is 2100. The van der Waals surface area contributed by atoms with Crippen LogP contribution in [0.25, 0.3) is 11.4 Å². The maximum absolute atomic E-state index is 6.75. The number of benzene rings is 4. The number of nitrogens with zero attached hydrogens (tertiary/aromatic N) is 4. The molecule has 11 rings (SSSR count). The summed E-state index contributed by atoms with van der Waals surface area (Å²) in [6.45, 7) is 0.184. The topological polar surface area (TPSA) is 25.6 Å². The molecule has 0 radical (unpaired) electrons. The average molecular weight is 496 g/mol. The number of hydrogen-bond acceptors (Lipinski definition) is 3. The van der Waals surface area contributed by atoms with Crippen LogP contribution in [0.3, 0.4) is 0 Å². The van der Waals surface area contributed by atoms with E-state index in [4.69, 9.17) is 4.74 Å². The van der Waals surface area contributed by atoms with Gasteiger partial charge in [-0.25, -0.2) is 0 Å². The number of aromatic nitrogens is 2. The molecule has 2 aromatic heterocycles. The first kappa shape index (κ1) is 19.1. The predicted octanol–water partition coefficient (Wildman–Crippen LogP) is 3.56. The zero-order valence-corrected chi connectivity index (χ0v) is 20.7. The lowest BCUT2D eigenvalue weighted by Crippen LogP contribution is -2.71. The summed E-state index contributed by atoms with van der Waals surface area (Å²) in [6.07, 6.45) is 4.43. The van der Waals surface area contributed by atoms with Gasteiger partial charge >= 0.3 is 6.85 Å². The third-order valence-electron chi connectivity index (χ3n) is 9.33. The van der Waals surface area contributed by atoms with E-state index in [0.29, 0.717) is 0 Å². The molecule has 0 saturated carbocycles. The summed E-state index contributed by atoms with van der Waals surface area (Å²) in [4.78, 5) is 5.05. The fourth-order valence-electron chi connectivity index (χ4n) is 8.01. The van der Waals surface area contributed by atoms with E-state index in [1.807, 2.05) is 0 Å². The largest absolute Gasteiger partial charge is 0.458 e. The summed E-state index contributed by atoms with van der Waals surface area (Å²) in [5, 5.41) is 0. The van der Waals surface area contributed by atoms with Crippen LogP contribution in [0.1, 0.15) is 0 Å². The first-order chi connectivity index (χ1) is 19.4. The molecule has 0 bridgehead atoms. The Morgan fingerprint density at radius 2 is 1.18 bits per heavy atom. The fourth-order valence-corrected chi connectivity index (χ4v) is 8.01. The lowest BCUT2D eigenvalue weighted by Gasteiger charge is -2.52. The Morgan fingerprint density at radius 3 is 1.97 bits per heavy atom. The van der Waals surface area contributed by atoms with Gasteiger partial charge in [0, 0.05) is 40.6 Å². The van der Waals surface area contributed by atoms with Crippen molar-refractivity contribution in [3.63, 3.8) is 0 Å². The molecule has 5 aliphatic rings. The SMILES string of the molecule is c1ccc(N2c3cccc4c3B3c5c(ccc6c5N5B(c7cccn7-6)c6cccn6-c6ccc2c3c65)O4)cc1. The summed E-state index contributed by atoms with van der Waals surface area (Å²) < 4.78 is 11.5. The summed E-state index contributed by atoms with van der Waals surface area (Å²) in [7, 11) is 0. The predicted molar refractivity (Wildman–Crippen MR) is 158 cm³/mol. The van der Waals surface area contributed by atoms with Gasteiger partial charge in [-0.15, -0.1) is 0 Å². The van der Waals surface area contributed by atoms with Crippen LogP contribution in [0, 0.1) is 0 Å². The van der Waals surface area contributed by atoms with E-state index in [-0.39, 0.29) is 13.6 Å². The smallest absolute Gasteiger partial charge is 0.363 e. The third-order valence-corrected chi connectivity index (χ3v) is 9.33. The molecule has 0 saturated heterocycles. The van der Waals surface area contributed by atoms with Crippen molar-refractivity contribution in [1.82, 2.24) is 9.13 Å². The summed E-state index contributed by atoms with van der Waals surface area (Å²) in [6, 6.07) is 35.2. The van der Waals surface area contributed by atoms with Crippen molar-refractivity contribution >= 4 is 69.6 Å². The maximum Gasteiger partial charge on any atom is 0.363 e. The monoisotopic (exact) mass is 496 g/mol. The van der Waals surface area contributed by atoms with Crippen LogP contribution < -0.4 is 42.0 Å². The fraction of sp³-hybridized carbons (Fsp3) is 0. The van der Waals surface area contributed by atoms with Crippen LogP contribution in [0.2, 0.25) is 0 Å². The van der Waals surface area contributed by atoms with Gasteiger partial charge in [-0.1, -0.05) is 24.3 Å². The minimum atomic E-state index is 0.0812. The molecule has 7 heteroatoms. The molecular weight excluding hydrogens is 478 g/mol. The number of hydrogen-bond donors (Lipinski definition) is 0. The number of anilines is 5. The second kappa shape index (κ2) is 6.16. The van der Waals surface area contributed by atoms with Crippen LogP contribution in [0.15, 0.2) is 109 Å². The number of rotatable bonds is 1. The van der Waals surface area contributed by atoms with E-state index >= 15 is 0 Å². The molecule has 39 heavy (non-hydrogen) atoms. The Balaban J connectivity index is 1.37. The maximum atomic E-state index is 6.75. The molecule has 6 aromatic rings. The normalized spacial score (nSPS) is 15.2. The van der Waals surface area contributed by atoms with Gasteiger partial charge in [0.05, 0.1) is 22.7 Å². The van der Waals surface area contributed by atoms with Crippen LogP contribution in [0.4, 0.5) is 28.4 Å². The lowest BCUT2D eigenvalue weighted by molar-refractivity contribution is 0.487. The van der Waals surface area contributed by atoms with Crippen LogP contribution in [-0.2, 0) is 0 Å². The molecule has 5 aliphatic heterocycles. The molecular formula is C32H18B2N4O. The Hall–Kier alpha value is -5.03. The van der Waals surface area contributed by atoms with E-state index in [1.165, 1.54) is 61.7 Å². The summed E-state index contributed by atoms with van der Waals surface area (Å²) >= 11 is 0. The molecule has 0 spiro atoms. The van der Waals surface area contributed by atoms with Gasteiger partial charge in [-0.2, -0.15) is 0 Å². The third kappa shape index (κ3) is 1.96. The van der Waals surface area contributed by atoms with E-state index in [0.717, 1.165) is 17.2 Å². The number of para-hydroxylation sites is 1. The molecule has 0 unspecified atom stereocenters. The highest BCUT2D eigenvalue weighted by Crippen LogP contribution is 2.50. The van der Waals surface area contributed by atoms with Crippen molar-refractivity contribution in [2.24, 2.45) is 0 Å². The molecule has 0 aliphatic carbocycles. The Kier molecular flexibility index (Phi) is 3.02. The van der Waals surface area contributed by atoms with E-state index in [1.54, 1.807) is 0 Å². The van der Waals surface area contributed by atoms with Gasteiger partial charge < -0.3 is 23.6 Å². The molecule has 0 fully saturated rings. The van der Waals surface area contributed by atoms with Crippen molar-refractivity contribution in [2.75, 3.05) is 9.71 Å². The van der Waals surface area contributed by atoms with Gasteiger partial charge in [0.25, 0.3) is 6.71 Å². The van der Waals surface area contributed by atoms with Crippen LogP contribution >= 0.6 is 0 Å². The highest BCUT2D eigenvalue weighted by molar-refractivity contribution is 7.03. The quantitative estimate of drug-likeness (QED) is 0.326. The van der Waals surface area contributed by atoms with Gasteiger partial charge in [0.2, 0.25) is 0 Å². The van der Waals surface area contributed by atoms with Gasteiger partial charge in [-0.3, -0.25) is 0 Å². The van der Waals surface area contributed by atoms with E-state index in [2.05, 4.69) is 128 Å². The molecule has 0 atom stereocenters. The van der Waals surface area contributed by atoms with E-state index in [9.17, 15) is 0 Å². The minimum Gasteiger partial charge on any atom is -0.458 e. The van der Waals surface area contributed by atoms with Gasteiger partial charge in [-0.05, 0) is 89.2 Å². The molecule has 178 valence electrons. The van der Waals surface area contributed by atoms with Crippen molar-refractivity contribution in [3.8, 4) is 22.9 Å². The van der Waals surface area contributed by atoms with Crippen molar-refractivity contribution in [1.29, 1.82) is 0 Å². The highest BCUT2D eigenvalue weighted by atomic mass is 16.5. The molecule has 0 amide bonds. The number of fused-ring (bicyclic) bond motifs is 6. The zero-order valence-electron chi connectivity index (χ0n) is 20.7. The standard InChI is InChI=1S/C32H18B2N4O/c1-2-7-19(8-3-1)37-20-9-4-10-24-28(20)33-29-21(37)13-14-22-31(29)38-32-23(15-16-25(39-24)30(32)33)36-18-6-12-27(36)34(38)26-11-5-17-35(22)26/h1-18H. The van der Waals surface area contributed by atoms with Gasteiger partial charge in [0.15, 0.2) is 0 Å². The Morgan fingerprint density at radius 1 is 0.513 bits per heavy atom. The van der Waals surface area contributed by atoms with E-state index < -0.39 is 0 Å². The lowest BCUT2D eigenvalue weighted by atomic mass is 9.31. The summed E-state index contributed by atoms with van der Waals surface area (Å²) in [5.41, 5.74) is 15.2. The van der Waals surface area contributed by atoms with Crippen LogP contribution in [0.5, 0.6) is 11.5 Å². The van der Waals surface area contributed by atoms with Crippen LogP contribution in [-0.4, -0.2) is 22.7 Å². The summed E-state index contributed by atoms with van der Waals surface area (Å²) in [5.74, 6) is 1.92. The Labute approximate surface area is 225 Å². The minimum absolute atomic E-state index is 0.0812. The van der Waals surface area contributed by atoms with Gasteiger partial charge in [0.1, 0.15) is 11.5 Å². The highest BCUT2D eigenvalue weighted by Gasteiger charge is 2.55. The molecule has 7 heterocycles. The first-order valence-corrected chi connectivity index (χ1v) is 13.5. The zero-order chi connectivity index (χ0) is 25.0. The average Bonchev–Trinajstić information content (AvgIpc) is 3.67. The van der Waals surface area contributed by atoms with Crippen molar-refractivity contribution in [3.05, 3.63) is 109 Å². The van der Waals surface area contributed by atoms with Crippen molar-refractivity contribution < 1.29 is 4.74 Å². The first-order valence-electron chi connectivity index (χ1n) is 13.5.